The zero-order valence-electron chi connectivity index (χ0n) is 9.90. The van der Waals surface area contributed by atoms with Crippen LogP contribution in [0, 0.1) is 17.2 Å². The monoisotopic (exact) mass is 244 g/mol. The van der Waals surface area contributed by atoms with Crippen molar-refractivity contribution in [1.82, 2.24) is 0 Å². The number of benzene rings is 1. The summed E-state index contributed by atoms with van der Waals surface area (Å²) in [6.45, 7) is 1.77. The number of anilines is 1. The molecule has 1 aromatic carbocycles. The first kappa shape index (κ1) is 12.1. The minimum absolute atomic E-state index is 0.0178. The van der Waals surface area contributed by atoms with E-state index in [1.807, 2.05) is 6.07 Å². The molecule has 0 radical (unpaired) electrons. The Labute approximate surface area is 104 Å². The summed E-state index contributed by atoms with van der Waals surface area (Å²) in [7, 11) is 0. The Hall–Kier alpha value is -2.35. The molecular weight excluding hydrogens is 232 g/mol. The molecule has 1 N–H and O–H groups in total. The van der Waals surface area contributed by atoms with Crippen LogP contribution in [0.25, 0.3) is 0 Å². The van der Waals surface area contributed by atoms with Crippen molar-refractivity contribution in [3.05, 3.63) is 23.8 Å². The maximum absolute atomic E-state index is 12.0. The van der Waals surface area contributed by atoms with Gasteiger partial charge in [-0.25, -0.2) is 0 Å². The summed E-state index contributed by atoms with van der Waals surface area (Å²) in [5.41, 5.74) is 0.887. The summed E-state index contributed by atoms with van der Waals surface area (Å²) in [6, 6.07) is 6.76. The normalized spacial score (nSPS) is 14.8. The van der Waals surface area contributed by atoms with E-state index in [2.05, 4.69) is 5.32 Å². The van der Waals surface area contributed by atoms with E-state index in [1.165, 1.54) is 0 Å². The van der Waals surface area contributed by atoms with E-state index in [4.69, 9.17) is 10.00 Å². The third-order valence-corrected chi connectivity index (χ3v) is 2.78. The first-order valence-corrected chi connectivity index (χ1v) is 5.66. The molecule has 1 heterocycles. The molecule has 1 aromatic rings. The van der Waals surface area contributed by atoms with Crippen molar-refractivity contribution in [2.24, 2.45) is 5.92 Å². The van der Waals surface area contributed by atoms with Crippen molar-refractivity contribution < 1.29 is 14.3 Å². The molecule has 18 heavy (non-hydrogen) atoms. The van der Waals surface area contributed by atoms with Crippen LogP contribution >= 0.6 is 0 Å². The summed E-state index contributed by atoms with van der Waals surface area (Å²) in [4.78, 5) is 23.2. The molecule has 0 aromatic heterocycles. The van der Waals surface area contributed by atoms with Crippen LogP contribution in [-0.4, -0.2) is 18.3 Å². The molecule has 1 aliphatic rings. The Morgan fingerprint density at radius 3 is 3.06 bits per heavy atom. The molecule has 0 fully saturated rings. The quantitative estimate of drug-likeness (QED) is 0.821. The number of amides is 1. The number of carbonyl (C=O) groups excluding carboxylic acids is 2. The molecule has 1 aliphatic heterocycles. The number of ether oxygens (including phenoxy) is 1. The molecule has 5 heteroatoms. The molecule has 92 valence electrons. The van der Waals surface area contributed by atoms with Gasteiger partial charge in [0.05, 0.1) is 11.8 Å². The lowest BCUT2D eigenvalue weighted by molar-refractivity contribution is -0.118. The maximum Gasteiger partial charge on any atom is 0.262 e. The second kappa shape index (κ2) is 4.88. The molecule has 0 spiro atoms. The maximum atomic E-state index is 12.0. The second-order valence-electron chi connectivity index (χ2n) is 4.00. The fraction of sp³-hybridized carbons (Fsp3) is 0.308. The summed E-state index contributed by atoms with van der Waals surface area (Å²) in [5, 5.41) is 11.5. The molecule has 5 nitrogen and oxygen atoms in total. The first-order chi connectivity index (χ1) is 8.65. The Bertz CT molecular complexity index is 546. The number of Topliss-reactive ketones (excluding diaryl/α,β-unsaturated/α-hetero) is 1. The van der Waals surface area contributed by atoms with Crippen LogP contribution < -0.4 is 10.1 Å². The number of nitrogens with one attached hydrogen (secondary N) is 1. The lowest BCUT2D eigenvalue weighted by Gasteiger charge is -2.18. The topological polar surface area (TPSA) is 79.2 Å². The zero-order valence-corrected chi connectivity index (χ0v) is 9.90. The molecule has 1 amide bonds. The van der Waals surface area contributed by atoms with Crippen LogP contribution in [0.3, 0.4) is 0 Å². The van der Waals surface area contributed by atoms with E-state index in [0.29, 0.717) is 23.4 Å². The van der Waals surface area contributed by atoms with Gasteiger partial charge < -0.3 is 10.1 Å². The largest absolute Gasteiger partial charge is 0.482 e. The minimum Gasteiger partial charge on any atom is -0.482 e. The van der Waals surface area contributed by atoms with Crippen molar-refractivity contribution in [2.45, 2.75) is 13.3 Å². The van der Waals surface area contributed by atoms with Crippen molar-refractivity contribution in [3.8, 4) is 11.8 Å². The molecule has 1 atom stereocenters. The average Bonchev–Trinajstić information content (AvgIpc) is 2.39. The van der Waals surface area contributed by atoms with Gasteiger partial charge in [0.15, 0.2) is 12.4 Å². The van der Waals surface area contributed by atoms with E-state index in [9.17, 15) is 9.59 Å². The molecule has 0 saturated heterocycles. The summed E-state index contributed by atoms with van der Waals surface area (Å²) in [5.74, 6) is -0.596. The summed E-state index contributed by atoms with van der Waals surface area (Å²) < 4.78 is 5.20. The number of nitriles is 1. The van der Waals surface area contributed by atoms with Gasteiger partial charge in [-0.2, -0.15) is 5.26 Å². The van der Waals surface area contributed by atoms with Gasteiger partial charge in [0.1, 0.15) is 11.7 Å². The fourth-order valence-corrected chi connectivity index (χ4v) is 1.77. The Kier molecular flexibility index (Phi) is 3.28. The van der Waals surface area contributed by atoms with Crippen LogP contribution in [-0.2, 0) is 4.79 Å². The van der Waals surface area contributed by atoms with Gasteiger partial charge in [-0.15, -0.1) is 0 Å². The van der Waals surface area contributed by atoms with E-state index in [1.54, 1.807) is 25.1 Å². The number of rotatable bonds is 3. The SMILES string of the molecule is CCC(C#N)C(=O)c1ccc2c(c1)NC(=O)CO2. The van der Waals surface area contributed by atoms with Crippen molar-refractivity contribution in [3.63, 3.8) is 0 Å². The lowest BCUT2D eigenvalue weighted by Crippen LogP contribution is -2.25. The number of hydrogen-bond donors (Lipinski definition) is 1. The van der Waals surface area contributed by atoms with E-state index in [0.717, 1.165) is 0 Å². The van der Waals surface area contributed by atoms with Gasteiger partial charge in [-0.1, -0.05) is 6.92 Å². The third kappa shape index (κ3) is 2.18. The predicted octanol–water partition coefficient (Wildman–Crippen LogP) is 1.75. The Balaban J connectivity index is 2.31. The van der Waals surface area contributed by atoms with E-state index >= 15 is 0 Å². The highest BCUT2D eigenvalue weighted by Gasteiger charge is 2.21. The van der Waals surface area contributed by atoms with Gasteiger partial charge >= 0.3 is 0 Å². The number of ketones is 1. The summed E-state index contributed by atoms with van der Waals surface area (Å²) >= 11 is 0. The van der Waals surface area contributed by atoms with Crippen molar-refractivity contribution in [2.75, 3.05) is 11.9 Å². The molecular formula is C13H12N2O3. The number of fused-ring (bicyclic) bond motifs is 1. The van der Waals surface area contributed by atoms with E-state index in [-0.39, 0.29) is 18.3 Å². The lowest BCUT2D eigenvalue weighted by atomic mass is 9.96. The first-order valence-electron chi connectivity index (χ1n) is 5.66. The average molecular weight is 244 g/mol. The van der Waals surface area contributed by atoms with Crippen molar-refractivity contribution in [1.29, 1.82) is 5.26 Å². The van der Waals surface area contributed by atoms with Gasteiger partial charge in [0.2, 0.25) is 0 Å². The number of carbonyl (C=O) groups is 2. The predicted molar refractivity (Wildman–Crippen MR) is 64.3 cm³/mol. The summed E-state index contributed by atoms with van der Waals surface area (Å²) in [6.07, 6.45) is 0.468. The van der Waals surface area contributed by atoms with E-state index < -0.39 is 5.92 Å². The molecule has 0 bridgehead atoms. The number of nitrogens with zero attached hydrogens (tertiary/aromatic N) is 1. The fourth-order valence-electron chi connectivity index (χ4n) is 1.77. The smallest absolute Gasteiger partial charge is 0.262 e. The van der Waals surface area contributed by atoms with Crippen LogP contribution in [0.1, 0.15) is 23.7 Å². The molecule has 2 rings (SSSR count). The highest BCUT2D eigenvalue weighted by molar-refractivity contribution is 6.02. The third-order valence-electron chi connectivity index (χ3n) is 2.78. The van der Waals surface area contributed by atoms with Crippen LogP contribution in [0.5, 0.6) is 5.75 Å². The molecule has 1 unspecified atom stereocenters. The highest BCUT2D eigenvalue weighted by atomic mass is 16.5. The van der Waals surface area contributed by atoms with Crippen molar-refractivity contribution >= 4 is 17.4 Å². The Morgan fingerprint density at radius 1 is 1.61 bits per heavy atom. The number of hydrogen-bond acceptors (Lipinski definition) is 4. The van der Waals surface area contributed by atoms with Crippen LogP contribution in [0.2, 0.25) is 0 Å². The minimum atomic E-state index is -0.650. The van der Waals surface area contributed by atoms with Crippen LogP contribution in [0.4, 0.5) is 5.69 Å². The Morgan fingerprint density at radius 2 is 2.39 bits per heavy atom. The van der Waals surface area contributed by atoms with Gasteiger partial charge in [-0.3, -0.25) is 9.59 Å². The van der Waals surface area contributed by atoms with Gasteiger partial charge in [0.25, 0.3) is 5.91 Å². The van der Waals surface area contributed by atoms with Crippen LogP contribution in [0.15, 0.2) is 18.2 Å². The van der Waals surface area contributed by atoms with Gasteiger partial charge in [0, 0.05) is 5.56 Å². The zero-order chi connectivity index (χ0) is 13.1. The molecule has 0 aliphatic carbocycles. The second-order valence-corrected chi connectivity index (χ2v) is 4.00. The standard InChI is InChI=1S/C13H12N2O3/c1-2-8(6-14)13(17)9-3-4-11-10(5-9)15-12(16)7-18-11/h3-5,8H,2,7H2,1H3,(H,15,16). The highest BCUT2D eigenvalue weighted by Crippen LogP contribution is 2.29. The van der Waals surface area contributed by atoms with Gasteiger partial charge in [-0.05, 0) is 24.6 Å². The molecule has 0 saturated carbocycles.